The lowest BCUT2D eigenvalue weighted by Crippen LogP contribution is -2.27. The molecule has 7 nitrogen and oxygen atoms in total. The Bertz CT molecular complexity index is 1070. The van der Waals surface area contributed by atoms with Gasteiger partial charge in [0.1, 0.15) is 0 Å². The fourth-order valence-electron chi connectivity index (χ4n) is 3.16. The molecule has 3 rings (SSSR count). The van der Waals surface area contributed by atoms with Crippen molar-refractivity contribution in [1.29, 1.82) is 0 Å². The van der Waals surface area contributed by atoms with E-state index in [0.29, 0.717) is 19.5 Å². The van der Waals surface area contributed by atoms with Gasteiger partial charge in [-0.3, -0.25) is 14.2 Å². The van der Waals surface area contributed by atoms with Gasteiger partial charge >= 0.3 is 0 Å². The molecule has 30 heavy (non-hydrogen) atoms. The minimum absolute atomic E-state index is 0.165. The Morgan fingerprint density at radius 1 is 1.20 bits per heavy atom. The number of benzene rings is 1. The highest BCUT2D eigenvalue weighted by atomic mass is 32.2. The Balaban J connectivity index is 1.73. The summed E-state index contributed by atoms with van der Waals surface area (Å²) in [5.74, 6) is -0.330. The van der Waals surface area contributed by atoms with Crippen LogP contribution in [0, 0.1) is 0 Å². The Morgan fingerprint density at radius 2 is 1.93 bits per heavy atom. The zero-order chi connectivity index (χ0) is 21.7. The maximum absolute atomic E-state index is 12.1. The zero-order valence-corrected chi connectivity index (χ0v) is 18.0. The molecule has 0 bridgehead atoms. The van der Waals surface area contributed by atoms with Crippen LogP contribution in [0.1, 0.15) is 18.9 Å². The molecule has 2 aliphatic rings. The second kappa shape index (κ2) is 9.38. The van der Waals surface area contributed by atoms with Crippen molar-refractivity contribution in [3.05, 3.63) is 72.2 Å². The lowest BCUT2D eigenvalue weighted by Gasteiger charge is -2.27. The van der Waals surface area contributed by atoms with Crippen molar-refractivity contribution in [1.82, 2.24) is 4.90 Å². The summed E-state index contributed by atoms with van der Waals surface area (Å²) in [7, 11) is -3.97. The molecule has 0 radical (unpaired) electrons. The lowest BCUT2D eigenvalue weighted by molar-refractivity contribution is -0.122. The first-order valence-electron chi connectivity index (χ1n) is 9.42. The van der Waals surface area contributed by atoms with Gasteiger partial charge in [-0.15, -0.1) is 0 Å². The number of ether oxygens (including phenoxy) is 1. The van der Waals surface area contributed by atoms with Gasteiger partial charge in [-0.25, -0.2) is 0 Å². The maximum atomic E-state index is 12.1. The smallest absolute Gasteiger partial charge is 0.297 e. The molecule has 1 N–H and O–H groups in total. The Hall–Kier alpha value is -2.75. The molecule has 0 aliphatic carbocycles. The van der Waals surface area contributed by atoms with Gasteiger partial charge in [0.15, 0.2) is 5.76 Å². The molecule has 1 aromatic carbocycles. The van der Waals surface area contributed by atoms with Crippen molar-refractivity contribution in [3.63, 3.8) is 0 Å². The number of fused-ring (bicyclic) bond motifs is 1. The molecule has 0 saturated carbocycles. The molecule has 0 unspecified atom stereocenters. The largest absolute Gasteiger partial charge is 0.426 e. The Kier molecular flexibility index (Phi) is 6.86. The number of nitrogens with zero attached hydrogens (tertiary/aromatic N) is 2. The van der Waals surface area contributed by atoms with Crippen LogP contribution in [0.5, 0.6) is 0 Å². The number of hydrogen-bond acceptors (Lipinski definition) is 6. The first kappa shape index (κ1) is 21.9. The second-order valence-corrected chi connectivity index (χ2v) is 8.54. The minimum atomic E-state index is -3.97. The summed E-state index contributed by atoms with van der Waals surface area (Å²) in [5.41, 5.74) is 2.91. The van der Waals surface area contributed by atoms with E-state index in [1.807, 2.05) is 60.5 Å². The Labute approximate surface area is 181 Å². The van der Waals surface area contributed by atoms with Crippen molar-refractivity contribution in [3.8, 4) is 0 Å². The number of para-hydroxylation sites is 1. The van der Waals surface area contributed by atoms with E-state index in [1.165, 1.54) is 4.90 Å². The maximum Gasteiger partial charge on any atom is 0.297 e. The van der Waals surface area contributed by atoms with E-state index in [4.69, 9.17) is 21.5 Å². The molecule has 1 amide bonds. The number of likely N-dealkylation sites (N-methyl/N-ethyl adjacent to an activating group) is 1. The molecule has 1 saturated heterocycles. The Morgan fingerprint density at radius 3 is 2.63 bits per heavy atom. The van der Waals surface area contributed by atoms with E-state index < -0.39 is 10.1 Å². The van der Waals surface area contributed by atoms with Crippen molar-refractivity contribution >= 4 is 44.7 Å². The molecule has 1 aromatic rings. The highest BCUT2D eigenvalue weighted by Crippen LogP contribution is 2.32. The molecule has 2 aliphatic heterocycles. The fourth-order valence-corrected chi connectivity index (χ4v) is 3.95. The first-order valence-corrected chi connectivity index (χ1v) is 11.4. The molecule has 9 heteroatoms. The summed E-state index contributed by atoms with van der Waals surface area (Å²) >= 11 is 5.03. The van der Waals surface area contributed by atoms with Crippen LogP contribution in [-0.4, -0.2) is 47.8 Å². The van der Waals surface area contributed by atoms with Gasteiger partial charge in [-0.1, -0.05) is 36.4 Å². The van der Waals surface area contributed by atoms with E-state index in [9.17, 15) is 13.2 Å². The predicted octanol–water partition coefficient (Wildman–Crippen LogP) is 3.29. The van der Waals surface area contributed by atoms with Crippen LogP contribution in [0.3, 0.4) is 0 Å². The van der Waals surface area contributed by atoms with Gasteiger partial charge in [0, 0.05) is 30.5 Å². The number of amides is 1. The van der Waals surface area contributed by atoms with E-state index in [-0.39, 0.29) is 22.6 Å². The van der Waals surface area contributed by atoms with Gasteiger partial charge in [0.25, 0.3) is 21.2 Å². The lowest BCUT2D eigenvalue weighted by atomic mass is 9.99. The summed E-state index contributed by atoms with van der Waals surface area (Å²) in [6.45, 7) is 2.76. The number of allylic oxidation sites excluding steroid dienone is 6. The van der Waals surface area contributed by atoms with E-state index in [2.05, 4.69) is 0 Å². The van der Waals surface area contributed by atoms with Gasteiger partial charge in [-0.05, 0) is 49.4 Å². The van der Waals surface area contributed by atoms with Crippen LogP contribution in [0.4, 0.5) is 5.69 Å². The van der Waals surface area contributed by atoms with Crippen LogP contribution >= 0.6 is 12.2 Å². The van der Waals surface area contributed by atoms with Crippen LogP contribution in [0.15, 0.2) is 66.6 Å². The molecule has 1 fully saturated rings. The summed E-state index contributed by atoms with van der Waals surface area (Å²) in [6.07, 6.45) is 11.2. The molecule has 0 atom stereocenters. The number of hydrogen-bond donors (Lipinski definition) is 1. The van der Waals surface area contributed by atoms with Gasteiger partial charge in [0.2, 0.25) is 0 Å². The fraction of sp³-hybridized carbons (Fsp3) is 0.238. The average molecular weight is 447 g/mol. The topological polar surface area (TPSA) is 87.2 Å². The molecular weight excluding hydrogens is 424 g/mol. The first-order chi connectivity index (χ1) is 14.3. The molecular formula is C21H22N2O5S2. The summed E-state index contributed by atoms with van der Waals surface area (Å²) in [4.78, 5) is 15.5. The summed E-state index contributed by atoms with van der Waals surface area (Å²) in [6, 6.07) is 7.78. The third kappa shape index (κ3) is 5.24. The number of thiocarbonyl (C=S) groups is 1. The standard InChI is InChI=1S/C21H22N2O5S2/c1-2-23-20(24)19(28-21(23)29)11-6-3-8-16-12-14-22(13-7-15-30(25,26)27)18-10-5-4-9-17(16)18/h3-6,8-12,14H,2,7,13,15H2,1H3,(H,25,26,27)/b6-3+,16-8-,19-11-. The van der Waals surface area contributed by atoms with E-state index in [1.54, 1.807) is 12.2 Å². The quantitative estimate of drug-likeness (QED) is 0.391. The highest BCUT2D eigenvalue weighted by molar-refractivity contribution is 7.85. The van der Waals surface area contributed by atoms with Gasteiger partial charge in [0.05, 0.1) is 5.75 Å². The average Bonchev–Trinajstić information content (AvgIpc) is 2.98. The van der Waals surface area contributed by atoms with Crippen molar-refractivity contribution < 1.29 is 22.5 Å². The van der Waals surface area contributed by atoms with Crippen molar-refractivity contribution in [2.45, 2.75) is 13.3 Å². The van der Waals surface area contributed by atoms with Crippen LogP contribution < -0.4 is 4.90 Å². The third-order valence-corrected chi connectivity index (χ3v) is 5.69. The van der Waals surface area contributed by atoms with E-state index in [0.717, 1.165) is 16.8 Å². The number of anilines is 1. The zero-order valence-electron chi connectivity index (χ0n) is 16.4. The van der Waals surface area contributed by atoms with Gasteiger partial charge < -0.3 is 9.64 Å². The van der Waals surface area contributed by atoms with Crippen LogP contribution in [0.2, 0.25) is 0 Å². The normalized spacial score (nSPS) is 19.3. The van der Waals surface area contributed by atoms with E-state index >= 15 is 0 Å². The molecule has 158 valence electrons. The number of carbonyl (C=O) groups is 1. The third-order valence-electron chi connectivity index (χ3n) is 4.58. The van der Waals surface area contributed by atoms with Crippen LogP contribution in [-0.2, 0) is 19.6 Å². The molecule has 0 spiro atoms. The van der Waals surface area contributed by atoms with Gasteiger partial charge in [-0.2, -0.15) is 8.42 Å². The monoisotopic (exact) mass is 446 g/mol. The number of carbonyl (C=O) groups excluding carboxylic acids is 1. The molecule has 0 aromatic heterocycles. The summed E-state index contributed by atoms with van der Waals surface area (Å²) < 4.78 is 36.1. The minimum Gasteiger partial charge on any atom is -0.426 e. The highest BCUT2D eigenvalue weighted by Gasteiger charge is 2.31. The predicted molar refractivity (Wildman–Crippen MR) is 120 cm³/mol. The molecule has 2 heterocycles. The second-order valence-electron chi connectivity index (χ2n) is 6.62. The van der Waals surface area contributed by atoms with Crippen LogP contribution in [0.25, 0.3) is 5.57 Å². The summed E-state index contributed by atoms with van der Waals surface area (Å²) in [5, 5.41) is 0.165. The SMILES string of the molecule is CCN1C(=O)/C(=C/C=C/C=C2/C=CN(CCCS(=O)(=O)O)c3ccccc32)OC1=S. The number of rotatable bonds is 7. The van der Waals surface area contributed by atoms with Crippen molar-refractivity contribution in [2.75, 3.05) is 23.7 Å². The van der Waals surface area contributed by atoms with Crippen molar-refractivity contribution in [2.24, 2.45) is 0 Å².